The summed E-state index contributed by atoms with van der Waals surface area (Å²) < 4.78 is 16.5. The van der Waals surface area contributed by atoms with Crippen molar-refractivity contribution in [3.63, 3.8) is 0 Å². The monoisotopic (exact) mass is 334 g/mol. The van der Waals surface area contributed by atoms with E-state index in [0.29, 0.717) is 6.61 Å². The van der Waals surface area contributed by atoms with Gasteiger partial charge in [-0.15, -0.1) is 0 Å². The summed E-state index contributed by atoms with van der Waals surface area (Å²) in [6.45, 7) is 1.50. The Balaban J connectivity index is 1.31. The fraction of sp³-hybridized carbons (Fsp3) is 0.150. The van der Waals surface area contributed by atoms with Crippen molar-refractivity contribution in [1.29, 1.82) is 0 Å². The standard InChI is InChI=1S/C20H18N2O3/c1-2-10-21-20(3-1)22-12-15-4-7-17(8-5-15)23-13-16-6-9-18-19(11-16)25-14-24-18/h1-11H,12-14H2,(H,21,22). The molecule has 2 heterocycles. The predicted octanol–water partition coefficient (Wildman–Crippen LogP) is 4.00. The molecule has 0 saturated carbocycles. The molecule has 1 N–H and O–H groups in total. The van der Waals surface area contributed by atoms with Gasteiger partial charge in [-0.05, 0) is 47.5 Å². The molecule has 0 spiro atoms. The molecule has 0 unspecified atom stereocenters. The highest BCUT2D eigenvalue weighted by atomic mass is 16.7. The average Bonchev–Trinajstić information content (AvgIpc) is 3.14. The van der Waals surface area contributed by atoms with E-state index in [-0.39, 0.29) is 6.79 Å². The lowest BCUT2D eigenvalue weighted by molar-refractivity contribution is 0.174. The Morgan fingerprint density at radius 2 is 1.76 bits per heavy atom. The molecule has 1 aliphatic rings. The Kier molecular flexibility index (Phi) is 4.37. The zero-order valence-electron chi connectivity index (χ0n) is 13.6. The zero-order chi connectivity index (χ0) is 16.9. The first kappa shape index (κ1) is 15.3. The Labute approximate surface area is 146 Å². The fourth-order valence-electron chi connectivity index (χ4n) is 2.56. The molecule has 0 fully saturated rings. The van der Waals surface area contributed by atoms with Crippen LogP contribution in [0.5, 0.6) is 17.2 Å². The molecular weight excluding hydrogens is 316 g/mol. The van der Waals surface area contributed by atoms with Crippen LogP contribution in [0.1, 0.15) is 11.1 Å². The highest BCUT2D eigenvalue weighted by molar-refractivity contribution is 5.44. The Hall–Kier alpha value is -3.21. The van der Waals surface area contributed by atoms with Crippen LogP contribution >= 0.6 is 0 Å². The summed E-state index contributed by atoms with van der Waals surface area (Å²) >= 11 is 0. The fourth-order valence-corrected chi connectivity index (χ4v) is 2.56. The molecule has 0 aliphatic carbocycles. The van der Waals surface area contributed by atoms with E-state index in [1.807, 2.05) is 60.7 Å². The highest BCUT2D eigenvalue weighted by Gasteiger charge is 2.13. The van der Waals surface area contributed by atoms with Crippen LogP contribution in [0.25, 0.3) is 0 Å². The normalized spacial score (nSPS) is 12.0. The van der Waals surface area contributed by atoms with Gasteiger partial charge in [-0.2, -0.15) is 0 Å². The second-order valence-corrected chi connectivity index (χ2v) is 5.69. The van der Waals surface area contributed by atoms with Crippen LogP contribution in [-0.2, 0) is 13.2 Å². The topological polar surface area (TPSA) is 52.6 Å². The number of nitrogens with zero attached hydrogens (tertiary/aromatic N) is 1. The number of anilines is 1. The second-order valence-electron chi connectivity index (χ2n) is 5.69. The number of fused-ring (bicyclic) bond motifs is 1. The minimum atomic E-state index is 0.285. The maximum atomic E-state index is 5.84. The number of benzene rings is 2. The van der Waals surface area contributed by atoms with Gasteiger partial charge < -0.3 is 19.5 Å². The lowest BCUT2D eigenvalue weighted by Crippen LogP contribution is -2.01. The number of pyridine rings is 1. The molecule has 5 heteroatoms. The van der Waals surface area contributed by atoms with Crippen molar-refractivity contribution in [2.45, 2.75) is 13.2 Å². The van der Waals surface area contributed by atoms with Gasteiger partial charge in [0.05, 0.1) is 0 Å². The van der Waals surface area contributed by atoms with Crippen molar-refractivity contribution in [2.75, 3.05) is 12.1 Å². The van der Waals surface area contributed by atoms with Gasteiger partial charge in [-0.1, -0.05) is 24.3 Å². The van der Waals surface area contributed by atoms with E-state index >= 15 is 0 Å². The minimum absolute atomic E-state index is 0.285. The van der Waals surface area contributed by atoms with Gasteiger partial charge >= 0.3 is 0 Å². The molecule has 0 amide bonds. The maximum Gasteiger partial charge on any atom is 0.231 e. The van der Waals surface area contributed by atoms with Crippen molar-refractivity contribution in [2.24, 2.45) is 0 Å². The zero-order valence-corrected chi connectivity index (χ0v) is 13.6. The van der Waals surface area contributed by atoms with E-state index in [0.717, 1.165) is 35.2 Å². The van der Waals surface area contributed by atoms with Gasteiger partial charge in [0.2, 0.25) is 6.79 Å². The third-order valence-electron chi connectivity index (χ3n) is 3.90. The summed E-state index contributed by atoms with van der Waals surface area (Å²) in [5, 5.41) is 3.28. The van der Waals surface area contributed by atoms with Crippen molar-refractivity contribution in [3.8, 4) is 17.2 Å². The molecular formula is C20H18N2O3. The maximum absolute atomic E-state index is 5.84. The molecule has 2 aromatic carbocycles. The summed E-state index contributed by atoms with van der Waals surface area (Å²) in [6, 6.07) is 19.7. The summed E-state index contributed by atoms with van der Waals surface area (Å²) in [5.74, 6) is 3.26. The van der Waals surface area contributed by atoms with Crippen molar-refractivity contribution >= 4 is 5.82 Å². The lowest BCUT2D eigenvalue weighted by Gasteiger charge is -2.09. The molecule has 0 saturated heterocycles. The molecule has 0 atom stereocenters. The first-order valence-corrected chi connectivity index (χ1v) is 8.12. The van der Waals surface area contributed by atoms with E-state index in [1.165, 1.54) is 5.56 Å². The van der Waals surface area contributed by atoms with Gasteiger partial charge in [0.15, 0.2) is 11.5 Å². The number of rotatable bonds is 6. The Morgan fingerprint density at radius 3 is 2.60 bits per heavy atom. The van der Waals surface area contributed by atoms with Gasteiger partial charge in [-0.3, -0.25) is 0 Å². The number of aromatic nitrogens is 1. The molecule has 1 aromatic heterocycles. The lowest BCUT2D eigenvalue weighted by atomic mass is 10.2. The van der Waals surface area contributed by atoms with E-state index < -0.39 is 0 Å². The summed E-state index contributed by atoms with van der Waals surface area (Å²) in [4.78, 5) is 4.24. The largest absolute Gasteiger partial charge is 0.489 e. The van der Waals surface area contributed by atoms with Gasteiger partial charge in [-0.25, -0.2) is 4.98 Å². The van der Waals surface area contributed by atoms with Gasteiger partial charge in [0.25, 0.3) is 0 Å². The van der Waals surface area contributed by atoms with Crippen molar-refractivity contribution in [1.82, 2.24) is 4.98 Å². The predicted molar refractivity (Wildman–Crippen MR) is 94.9 cm³/mol. The van der Waals surface area contributed by atoms with Crippen LogP contribution in [-0.4, -0.2) is 11.8 Å². The highest BCUT2D eigenvalue weighted by Crippen LogP contribution is 2.32. The number of hydrogen-bond acceptors (Lipinski definition) is 5. The SMILES string of the molecule is c1ccc(NCc2ccc(OCc3ccc4c(c3)OCO4)cc2)nc1. The Morgan fingerprint density at radius 1 is 0.920 bits per heavy atom. The number of nitrogens with one attached hydrogen (secondary N) is 1. The quantitative estimate of drug-likeness (QED) is 0.738. The molecule has 25 heavy (non-hydrogen) atoms. The van der Waals surface area contributed by atoms with Crippen molar-refractivity contribution in [3.05, 3.63) is 78.0 Å². The molecule has 0 bridgehead atoms. The second kappa shape index (κ2) is 7.13. The van der Waals surface area contributed by atoms with Crippen LogP contribution in [0.4, 0.5) is 5.82 Å². The van der Waals surface area contributed by atoms with Crippen LogP contribution in [0, 0.1) is 0 Å². The molecule has 3 aromatic rings. The third-order valence-corrected chi connectivity index (χ3v) is 3.90. The smallest absolute Gasteiger partial charge is 0.231 e. The minimum Gasteiger partial charge on any atom is -0.489 e. The third kappa shape index (κ3) is 3.83. The van der Waals surface area contributed by atoms with Crippen LogP contribution in [0.3, 0.4) is 0 Å². The molecule has 0 radical (unpaired) electrons. The molecule has 1 aliphatic heterocycles. The number of hydrogen-bond donors (Lipinski definition) is 1. The van der Waals surface area contributed by atoms with Crippen molar-refractivity contribution < 1.29 is 14.2 Å². The summed E-state index contributed by atoms with van der Waals surface area (Å²) in [6.07, 6.45) is 1.77. The summed E-state index contributed by atoms with van der Waals surface area (Å²) in [7, 11) is 0. The van der Waals surface area contributed by atoms with Gasteiger partial charge in [0.1, 0.15) is 18.2 Å². The van der Waals surface area contributed by atoms with Crippen LogP contribution in [0.15, 0.2) is 66.9 Å². The van der Waals surface area contributed by atoms with E-state index in [2.05, 4.69) is 10.3 Å². The van der Waals surface area contributed by atoms with E-state index in [1.54, 1.807) is 6.20 Å². The average molecular weight is 334 g/mol. The van der Waals surface area contributed by atoms with Crippen LogP contribution in [0.2, 0.25) is 0 Å². The number of ether oxygens (including phenoxy) is 3. The molecule has 4 rings (SSSR count). The first-order chi connectivity index (χ1) is 12.4. The van der Waals surface area contributed by atoms with E-state index in [9.17, 15) is 0 Å². The van der Waals surface area contributed by atoms with Gasteiger partial charge in [0, 0.05) is 12.7 Å². The Bertz CT molecular complexity index is 835. The summed E-state index contributed by atoms with van der Waals surface area (Å²) in [5.41, 5.74) is 2.21. The first-order valence-electron chi connectivity index (χ1n) is 8.12. The molecule has 126 valence electrons. The van der Waals surface area contributed by atoms with Crippen LogP contribution < -0.4 is 19.5 Å². The van der Waals surface area contributed by atoms with E-state index in [4.69, 9.17) is 14.2 Å². The molecule has 5 nitrogen and oxygen atoms in total.